The fourth-order valence-electron chi connectivity index (χ4n) is 1.46. The summed E-state index contributed by atoms with van der Waals surface area (Å²) >= 11 is 4.14. The lowest BCUT2D eigenvalue weighted by Gasteiger charge is -2.23. The van der Waals surface area contributed by atoms with Gasteiger partial charge in [-0.3, -0.25) is 4.79 Å². The number of ether oxygens (including phenoxy) is 1. The van der Waals surface area contributed by atoms with Crippen molar-refractivity contribution < 1.29 is 9.53 Å². The van der Waals surface area contributed by atoms with Gasteiger partial charge in [-0.25, -0.2) is 0 Å². The van der Waals surface area contributed by atoms with Crippen LogP contribution in [0.4, 0.5) is 0 Å². The van der Waals surface area contributed by atoms with Gasteiger partial charge in [-0.15, -0.1) is 0 Å². The minimum Gasteiger partial charge on any atom is -0.377 e. The number of carbonyl (C=O) groups excluding carboxylic acids is 1. The molecule has 0 aliphatic carbocycles. The maximum Gasteiger partial charge on any atom is 0.235 e. The van der Waals surface area contributed by atoms with E-state index < -0.39 is 0 Å². The van der Waals surface area contributed by atoms with Crippen molar-refractivity contribution in [1.82, 2.24) is 4.90 Å². The summed E-state index contributed by atoms with van der Waals surface area (Å²) in [6.07, 6.45) is 1.08. The van der Waals surface area contributed by atoms with E-state index in [-0.39, 0.29) is 17.3 Å². The van der Waals surface area contributed by atoms with Crippen molar-refractivity contribution in [2.75, 3.05) is 19.7 Å². The molecule has 0 radical (unpaired) electrons. The highest BCUT2D eigenvalue weighted by Crippen LogP contribution is 2.08. The van der Waals surface area contributed by atoms with Crippen LogP contribution in [0.5, 0.6) is 0 Å². The van der Waals surface area contributed by atoms with E-state index in [1.165, 1.54) is 0 Å². The Kier molecular flexibility index (Phi) is 4.06. The summed E-state index contributed by atoms with van der Waals surface area (Å²) in [5.74, 6) is 0.112. The molecule has 0 N–H and O–H groups in total. The molecule has 3 nitrogen and oxygen atoms in total. The molecular weight excluding hydrogens is 186 g/mol. The maximum atomic E-state index is 11.6. The third kappa shape index (κ3) is 3.19. The van der Waals surface area contributed by atoms with E-state index in [4.69, 9.17) is 4.74 Å². The summed E-state index contributed by atoms with van der Waals surface area (Å²) < 4.78 is 5.44. The second-order valence-corrected chi connectivity index (χ2v) is 4.27. The molecule has 0 spiro atoms. The minimum atomic E-state index is -0.203. The average molecular weight is 203 g/mol. The van der Waals surface area contributed by atoms with E-state index in [1.807, 2.05) is 18.7 Å². The Morgan fingerprint density at radius 2 is 2.38 bits per heavy atom. The second-order valence-electron chi connectivity index (χ2n) is 3.50. The van der Waals surface area contributed by atoms with Crippen LogP contribution < -0.4 is 0 Å². The van der Waals surface area contributed by atoms with Gasteiger partial charge >= 0.3 is 0 Å². The SMILES string of the molecule is CC1CN(C(=O)C(C)S)CCCO1. The van der Waals surface area contributed by atoms with Crippen molar-refractivity contribution in [3.63, 3.8) is 0 Å². The first-order valence-corrected chi connectivity index (χ1v) is 5.21. The summed E-state index contributed by atoms with van der Waals surface area (Å²) in [7, 11) is 0. The van der Waals surface area contributed by atoms with Gasteiger partial charge in [-0.2, -0.15) is 12.6 Å². The predicted octanol–water partition coefficient (Wildman–Crippen LogP) is 0.942. The van der Waals surface area contributed by atoms with E-state index >= 15 is 0 Å². The third-order valence-corrected chi connectivity index (χ3v) is 2.34. The molecule has 1 aliphatic rings. The molecule has 1 fully saturated rings. The molecule has 2 atom stereocenters. The van der Waals surface area contributed by atoms with Crippen LogP contribution in [0.3, 0.4) is 0 Å². The Labute approximate surface area is 84.8 Å². The molecular formula is C9H17NO2S. The van der Waals surface area contributed by atoms with Crippen molar-refractivity contribution in [3.8, 4) is 0 Å². The number of amides is 1. The number of thiol groups is 1. The van der Waals surface area contributed by atoms with Crippen LogP contribution in [0, 0.1) is 0 Å². The molecule has 4 heteroatoms. The Balaban J connectivity index is 2.52. The largest absolute Gasteiger partial charge is 0.377 e. The zero-order chi connectivity index (χ0) is 9.84. The van der Waals surface area contributed by atoms with E-state index in [0.717, 1.165) is 19.6 Å². The average Bonchev–Trinajstić information content (AvgIpc) is 2.28. The van der Waals surface area contributed by atoms with Crippen molar-refractivity contribution in [1.29, 1.82) is 0 Å². The van der Waals surface area contributed by atoms with E-state index in [1.54, 1.807) is 0 Å². The highest BCUT2D eigenvalue weighted by molar-refractivity contribution is 7.81. The van der Waals surface area contributed by atoms with Gasteiger partial charge < -0.3 is 9.64 Å². The van der Waals surface area contributed by atoms with Crippen LogP contribution in [0.15, 0.2) is 0 Å². The summed E-state index contributed by atoms with van der Waals surface area (Å²) in [6.45, 7) is 6.06. The first-order chi connectivity index (χ1) is 6.11. The lowest BCUT2D eigenvalue weighted by Crippen LogP contribution is -2.39. The molecule has 0 aromatic carbocycles. The molecule has 1 heterocycles. The standard InChI is InChI=1S/C9H17NO2S/c1-7-6-10(4-3-5-12-7)9(11)8(2)13/h7-8,13H,3-6H2,1-2H3. The molecule has 1 rings (SSSR count). The first-order valence-electron chi connectivity index (χ1n) is 4.69. The molecule has 76 valence electrons. The maximum absolute atomic E-state index is 11.6. The van der Waals surface area contributed by atoms with Crippen LogP contribution in [0.25, 0.3) is 0 Å². The van der Waals surface area contributed by atoms with E-state index in [9.17, 15) is 4.79 Å². The van der Waals surface area contributed by atoms with Crippen molar-refractivity contribution >= 4 is 18.5 Å². The number of carbonyl (C=O) groups is 1. The van der Waals surface area contributed by atoms with Crippen LogP contribution >= 0.6 is 12.6 Å². The normalized spacial score (nSPS) is 26.7. The molecule has 0 aromatic rings. The number of hydrogen-bond acceptors (Lipinski definition) is 3. The fraction of sp³-hybridized carbons (Fsp3) is 0.889. The molecule has 0 saturated carbocycles. The lowest BCUT2D eigenvalue weighted by molar-refractivity contribution is -0.130. The number of rotatable bonds is 1. The molecule has 1 saturated heterocycles. The number of hydrogen-bond donors (Lipinski definition) is 1. The fourth-order valence-corrected chi connectivity index (χ4v) is 1.62. The molecule has 0 bridgehead atoms. The highest BCUT2D eigenvalue weighted by Gasteiger charge is 2.21. The first kappa shape index (κ1) is 10.9. The second kappa shape index (κ2) is 4.86. The minimum absolute atomic E-state index is 0.112. The highest BCUT2D eigenvalue weighted by atomic mass is 32.1. The smallest absolute Gasteiger partial charge is 0.235 e. The molecule has 2 unspecified atom stereocenters. The predicted molar refractivity (Wildman–Crippen MR) is 55.1 cm³/mol. The zero-order valence-corrected chi connectivity index (χ0v) is 9.09. The van der Waals surface area contributed by atoms with Crippen LogP contribution in [-0.4, -0.2) is 41.9 Å². The molecule has 0 aromatic heterocycles. The van der Waals surface area contributed by atoms with Crippen LogP contribution in [0.2, 0.25) is 0 Å². The van der Waals surface area contributed by atoms with Gasteiger partial charge in [0, 0.05) is 19.7 Å². The topological polar surface area (TPSA) is 29.5 Å². The van der Waals surface area contributed by atoms with Gasteiger partial charge in [-0.05, 0) is 20.3 Å². The summed E-state index contributed by atoms with van der Waals surface area (Å²) in [4.78, 5) is 13.4. The third-order valence-electron chi connectivity index (χ3n) is 2.12. The monoisotopic (exact) mass is 203 g/mol. The van der Waals surface area contributed by atoms with E-state index in [0.29, 0.717) is 6.54 Å². The molecule has 13 heavy (non-hydrogen) atoms. The molecule has 1 amide bonds. The van der Waals surface area contributed by atoms with Crippen molar-refractivity contribution in [2.24, 2.45) is 0 Å². The van der Waals surface area contributed by atoms with E-state index in [2.05, 4.69) is 12.6 Å². The lowest BCUT2D eigenvalue weighted by atomic mass is 10.3. The van der Waals surface area contributed by atoms with Gasteiger partial charge in [0.2, 0.25) is 5.91 Å². The molecule has 1 aliphatic heterocycles. The Morgan fingerprint density at radius 3 is 3.00 bits per heavy atom. The van der Waals surface area contributed by atoms with Gasteiger partial charge in [0.05, 0.1) is 11.4 Å². The van der Waals surface area contributed by atoms with Crippen LogP contribution in [0.1, 0.15) is 20.3 Å². The Bertz CT molecular complexity index is 184. The Hall–Kier alpha value is -0.220. The van der Waals surface area contributed by atoms with Gasteiger partial charge in [0.25, 0.3) is 0 Å². The van der Waals surface area contributed by atoms with Gasteiger partial charge in [-0.1, -0.05) is 0 Å². The quantitative estimate of drug-likeness (QED) is 0.643. The number of nitrogens with zero attached hydrogens (tertiary/aromatic N) is 1. The zero-order valence-electron chi connectivity index (χ0n) is 8.19. The van der Waals surface area contributed by atoms with Gasteiger partial charge in [0.1, 0.15) is 0 Å². The van der Waals surface area contributed by atoms with Crippen molar-refractivity contribution in [2.45, 2.75) is 31.6 Å². The van der Waals surface area contributed by atoms with Gasteiger partial charge in [0.15, 0.2) is 0 Å². The summed E-state index contributed by atoms with van der Waals surface area (Å²) in [6, 6.07) is 0. The summed E-state index contributed by atoms with van der Waals surface area (Å²) in [5.41, 5.74) is 0. The van der Waals surface area contributed by atoms with Crippen LogP contribution in [-0.2, 0) is 9.53 Å². The Morgan fingerprint density at radius 1 is 1.69 bits per heavy atom. The summed E-state index contributed by atoms with van der Waals surface area (Å²) in [5, 5.41) is -0.203. The van der Waals surface area contributed by atoms with Crippen molar-refractivity contribution in [3.05, 3.63) is 0 Å².